The van der Waals surface area contributed by atoms with Crippen LogP contribution in [0.1, 0.15) is 67.0 Å². The van der Waals surface area contributed by atoms with E-state index in [1.807, 2.05) is 31.2 Å². The van der Waals surface area contributed by atoms with Gasteiger partial charge in [0.1, 0.15) is 23.5 Å². The number of carboxylic acids is 1. The number of aromatic nitrogens is 3. The van der Waals surface area contributed by atoms with Gasteiger partial charge in [0, 0.05) is 50.9 Å². The predicted octanol–water partition coefficient (Wildman–Crippen LogP) is 3.28. The number of fused-ring (bicyclic) bond motifs is 1. The number of aliphatic carboxylic acids is 1. The molecule has 6 heterocycles. The lowest BCUT2D eigenvalue weighted by molar-refractivity contribution is -0.156. The van der Waals surface area contributed by atoms with Crippen LogP contribution >= 0.6 is 11.8 Å². The Morgan fingerprint density at radius 1 is 1.15 bits per heavy atom. The van der Waals surface area contributed by atoms with Crippen molar-refractivity contribution in [3.05, 3.63) is 74.6 Å². The molecular weight excluding hydrogens is 642 g/mol. The first kappa shape index (κ1) is 32.5. The number of carbonyl (C=O) groups excluding carboxylic acids is 1. The van der Waals surface area contributed by atoms with Gasteiger partial charge in [0.2, 0.25) is 5.89 Å². The molecule has 0 spiro atoms. The van der Waals surface area contributed by atoms with Crippen molar-refractivity contribution in [1.82, 2.24) is 23.9 Å². The van der Waals surface area contributed by atoms with Crippen LogP contribution in [0.25, 0.3) is 0 Å². The average molecular weight is 682 g/mol. The predicted molar refractivity (Wildman–Crippen MR) is 172 cm³/mol. The van der Waals surface area contributed by atoms with Crippen LogP contribution in [-0.2, 0) is 20.8 Å². The van der Waals surface area contributed by atoms with Crippen molar-refractivity contribution in [3.63, 3.8) is 0 Å². The number of urea groups is 1. The monoisotopic (exact) mass is 681 g/mol. The smallest absolute Gasteiger partial charge is 0.332 e. The molecule has 3 saturated heterocycles. The number of carboxylic acid groups (broad SMARTS) is 1. The summed E-state index contributed by atoms with van der Waals surface area (Å²) in [5, 5.41) is 9.68. The van der Waals surface area contributed by atoms with E-state index in [0.29, 0.717) is 48.3 Å². The summed E-state index contributed by atoms with van der Waals surface area (Å²) >= 11 is 1.39. The van der Waals surface area contributed by atoms with E-state index >= 15 is 0 Å². The maximum Gasteiger partial charge on any atom is 0.332 e. The zero-order valence-electron chi connectivity index (χ0n) is 27.1. The number of carbonyl (C=O) groups is 2. The highest BCUT2D eigenvalue weighted by Gasteiger charge is 2.50. The van der Waals surface area contributed by atoms with Crippen LogP contribution in [0.5, 0.6) is 5.75 Å². The normalized spacial score (nSPS) is 22.9. The first-order valence-electron chi connectivity index (χ1n) is 16.2. The second kappa shape index (κ2) is 12.7. The molecule has 4 aliphatic rings. The lowest BCUT2D eigenvalue weighted by atomic mass is 9.82. The van der Waals surface area contributed by atoms with Crippen molar-refractivity contribution in [2.45, 2.75) is 67.7 Å². The van der Waals surface area contributed by atoms with Crippen LogP contribution < -0.4 is 16.0 Å². The van der Waals surface area contributed by atoms with E-state index in [-0.39, 0.29) is 61.6 Å². The molecule has 48 heavy (non-hydrogen) atoms. The van der Waals surface area contributed by atoms with Gasteiger partial charge in [0.25, 0.3) is 5.56 Å². The van der Waals surface area contributed by atoms with Gasteiger partial charge >= 0.3 is 17.7 Å². The van der Waals surface area contributed by atoms with Crippen LogP contribution in [0.4, 0.5) is 4.79 Å². The Labute approximate surface area is 280 Å². The van der Waals surface area contributed by atoms with Gasteiger partial charge in [-0.05, 0) is 25.8 Å². The van der Waals surface area contributed by atoms with Gasteiger partial charge < -0.3 is 33.5 Å². The maximum atomic E-state index is 14.5. The zero-order chi connectivity index (χ0) is 33.7. The summed E-state index contributed by atoms with van der Waals surface area (Å²) in [6.45, 7) is 5.37. The third-order valence-electron chi connectivity index (χ3n) is 9.93. The molecule has 1 N–H and O–H groups in total. The lowest BCUT2D eigenvalue weighted by Gasteiger charge is -2.49. The second-order valence-corrected chi connectivity index (χ2v) is 14.4. The number of amides is 2. The summed E-state index contributed by atoms with van der Waals surface area (Å²) in [5.74, 6) is -0.162. The fourth-order valence-corrected chi connectivity index (χ4v) is 8.56. The summed E-state index contributed by atoms with van der Waals surface area (Å²) < 4.78 is 26.6. The number of rotatable bonds is 9. The highest BCUT2D eigenvalue weighted by molar-refractivity contribution is 7.99. The standard InChI is InChI=1S/C33H39N5O9S/c1-19-25-28(39)38(20-14-35(15-20)31(42)36-17-33(2,18-36)30(40)41)32(43)37(29(25)48-26(19)27-34-10-13-46-27)16-24(47-21-8-11-45-12-9-21)22-6-4-5-7-23(22)44-3/h4-7,10,13,19-21,24,26H,8-9,11-12,14-18H2,1-3H3,(H,40,41). The Hall–Kier alpha value is -4.08. The molecule has 3 fully saturated rings. The number of methoxy groups -OCH3 is 1. The van der Waals surface area contributed by atoms with Gasteiger partial charge in [-0.1, -0.05) is 36.9 Å². The molecule has 3 aromatic rings. The van der Waals surface area contributed by atoms with E-state index in [2.05, 4.69) is 4.98 Å². The number of hydrogen-bond donors (Lipinski definition) is 1. The molecule has 3 unspecified atom stereocenters. The van der Waals surface area contributed by atoms with Crippen molar-refractivity contribution >= 4 is 23.8 Å². The Balaban J connectivity index is 1.24. The Morgan fingerprint density at radius 3 is 2.54 bits per heavy atom. The molecule has 0 saturated carbocycles. The summed E-state index contributed by atoms with van der Waals surface area (Å²) in [4.78, 5) is 60.8. The molecule has 256 valence electrons. The highest BCUT2D eigenvalue weighted by atomic mass is 32.2. The van der Waals surface area contributed by atoms with Gasteiger partial charge in [0.15, 0.2) is 0 Å². The van der Waals surface area contributed by atoms with E-state index in [1.165, 1.54) is 27.5 Å². The number of nitrogens with zero attached hydrogens (tertiary/aromatic N) is 5. The Bertz CT molecular complexity index is 1810. The number of oxazole rings is 1. The molecule has 3 atom stereocenters. The number of benzene rings is 1. The summed E-state index contributed by atoms with van der Waals surface area (Å²) in [7, 11) is 1.60. The van der Waals surface area contributed by atoms with Crippen LogP contribution in [-0.4, -0.2) is 93.6 Å². The summed E-state index contributed by atoms with van der Waals surface area (Å²) in [6, 6.07) is 6.72. The molecule has 15 heteroatoms. The number of ether oxygens (including phenoxy) is 3. The van der Waals surface area contributed by atoms with Crippen LogP contribution in [0, 0.1) is 5.41 Å². The van der Waals surface area contributed by atoms with Gasteiger partial charge in [-0.3, -0.25) is 18.7 Å². The topological polar surface area (TPSA) is 159 Å². The third-order valence-corrected chi connectivity index (χ3v) is 11.5. The second-order valence-electron chi connectivity index (χ2n) is 13.2. The number of para-hydroxylation sites is 1. The highest BCUT2D eigenvalue weighted by Crippen LogP contribution is 2.52. The van der Waals surface area contributed by atoms with E-state index in [0.717, 1.165) is 5.56 Å². The van der Waals surface area contributed by atoms with Gasteiger partial charge in [-0.15, -0.1) is 0 Å². The molecule has 4 aliphatic heterocycles. The first-order valence-corrected chi connectivity index (χ1v) is 17.1. The quantitative estimate of drug-likeness (QED) is 0.331. The summed E-state index contributed by atoms with van der Waals surface area (Å²) in [5.41, 5.74) is -0.561. The zero-order valence-corrected chi connectivity index (χ0v) is 27.9. The molecule has 7 rings (SSSR count). The molecule has 1 aromatic carbocycles. The average Bonchev–Trinajstić information content (AvgIpc) is 3.70. The number of hydrogen-bond acceptors (Lipinski definition) is 10. The lowest BCUT2D eigenvalue weighted by Crippen LogP contribution is -2.66. The fraction of sp³-hybridized carbons (Fsp3) is 0.545. The molecule has 0 aliphatic carbocycles. The van der Waals surface area contributed by atoms with E-state index < -0.39 is 29.2 Å². The van der Waals surface area contributed by atoms with Crippen molar-refractivity contribution in [3.8, 4) is 5.75 Å². The molecule has 2 aromatic heterocycles. The maximum absolute atomic E-state index is 14.5. The number of thioether (sulfide) groups is 1. The molecule has 0 radical (unpaired) electrons. The van der Waals surface area contributed by atoms with Crippen LogP contribution in [0.2, 0.25) is 0 Å². The first-order chi connectivity index (χ1) is 23.1. The summed E-state index contributed by atoms with van der Waals surface area (Å²) in [6.07, 6.45) is 3.81. The van der Waals surface area contributed by atoms with Crippen molar-refractivity contribution < 1.29 is 33.3 Å². The van der Waals surface area contributed by atoms with Crippen molar-refractivity contribution in [1.29, 1.82) is 0 Å². The van der Waals surface area contributed by atoms with Crippen LogP contribution in [0.3, 0.4) is 0 Å². The van der Waals surface area contributed by atoms with Crippen molar-refractivity contribution in [2.24, 2.45) is 5.41 Å². The van der Waals surface area contributed by atoms with E-state index in [1.54, 1.807) is 29.7 Å². The molecule has 0 bridgehead atoms. The van der Waals surface area contributed by atoms with Crippen LogP contribution in [0.15, 0.2) is 55.8 Å². The number of likely N-dealkylation sites (tertiary alicyclic amines) is 2. The van der Waals surface area contributed by atoms with E-state index in [4.69, 9.17) is 18.6 Å². The van der Waals surface area contributed by atoms with Crippen molar-refractivity contribution in [2.75, 3.05) is 46.5 Å². The molecule has 14 nitrogen and oxygen atoms in total. The SMILES string of the molecule is COc1ccccc1C(Cn1c2c(c(=O)n(C3CN(C(=O)N4CC(C)(C(=O)O)C4)C3)c1=O)C(C)C(c1ncco1)S2)OC1CCOCC1. The van der Waals surface area contributed by atoms with Gasteiger partial charge in [-0.2, -0.15) is 0 Å². The minimum Gasteiger partial charge on any atom is -0.496 e. The minimum atomic E-state index is -0.970. The van der Waals surface area contributed by atoms with Gasteiger partial charge in [0.05, 0.1) is 47.8 Å². The third kappa shape index (κ3) is 5.60. The molecular formula is C33H39N5O9S. The Kier molecular flexibility index (Phi) is 8.62. The minimum absolute atomic E-state index is 0.0920. The fourth-order valence-electron chi connectivity index (χ4n) is 7.08. The molecule has 2 amide bonds. The Morgan fingerprint density at radius 2 is 1.88 bits per heavy atom. The van der Waals surface area contributed by atoms with E-state index in [9.17, 15) is 24.3 Å². The van der Waals surface area contributed by atoms with Gasteiger partial charge in [-0.25, -0.2) is 14.6 Å². The largest absolute Gasteiger partial charge is 0.496 e.